The Hall–Kier alpha value is -2.92. The number of nitrogens with one attached hydrogen (secondary N) is 1. The van der Waals surface area contributed by atoms with Gasteiger partial charge < -0.3 is 15.8 Å². The van der Waals surface area contributed by atoms with Gasteiger partial charge in [0.1, 0.15) is 10.8 Å². The molecule has 3 rings (SSSR count). The fraction of sp³-hybridized carbons (Fsp3) is 0.188. The first-order valence-corrected chi connectivity index (χ1v) is 9.53. The summed E-state index contributed by atoms with van der Waals surface area (Å²) in [4.78, 5) is 23.8. The number of amides is 2. The smallest absolute Gasteiger partial charge is 0.251 e. The van der Waals surface area contributed by atoms with Crippen molar-refractivity contribution in [3.8, 4) is 11.4 Å². The SMILES string of the molecule is COc1ccc(-n2nnnc2S[C@H](C)C(=O)Nc2sccc2C(N)=O)cc1. The van der Waals surface area contributed by atoms with E-state index in [2.05, 4.69) is 20.8 Å². The molecule has 2 amide bonds. The molecule has 27 heavy (non-hydrogen) atoms. The maximum absolute atomic E-state index is 12.5. The topological polar surface area (TPSA) is 125 Å². The van der Waals surface area contributed by atoms with E-state index >= 15 is 0 Å². The fourth-order valence-electron chi connectivity index (χ4n) is 2.16. The van der Waals surface area contributed by atoms with Crippen molar-refractivity contribution < 1.29 is 14.3 Å². The van der Waals surface area contributed by atoms with Crippen molar-refractivity contribution >= 4 is 39.9 Å². The minimum Gasteiger partial charge on any atom is -0.497 e. The molecule has 0 saturated carbocycles. The highest BCUT2D eigenvalue weighted by Crippen LogP contribution is 2.27. The number of aromatic nitrogens is 4. The zero-order valence-corrected chi connectivity index (χ0v) is 16.1. The van der Waals surface area contributed by atoms with Gasteiger partial charge in [-0.15, -0.1) is 16.4 Å². The Bertz CT molecular complexity index is 953. The molecular weight excluding hydrogens is 388 g/mol. The first-order chi connectivity index (χ1) is 13.0. The minimum absolute atomic E-state index is 0.283. The lowest BCUT2D eigenvalue weighted by Crippen LogP contribution is -2.24. The molecule has 0 fully saturated rings. The van der Waals surface area contributed by atoms with Crippen molar-refractivity contribution in [1.29, 1.82) is 0 Å². The molecule has 0 aliphatic heterocycles. The number of carbonyl (C=O) groups is 2. The Balaban J connectivity index is 1.71. The lowest BCUT2D eigenvalue weighted by atomic mass is 10.3. The van der Waals surface area contributed by atoms with Gasteiger partial charge in [-0.05, 0) is 53.1 Å². The third-order valence-corrected chi connectivity index (χ3v) is 5.44. The number of rotatable bonds is 7. The summed E-state index contributed by atoms with van der Waals surface area (Å²) in [6.07, 6.45) is 0. The molecule has 0 radical (unpaired) electrons. The summed E-state index contributed by atoms with van der Waals surface area (Å²) in [7, 11) is 1.59. The van der Waals surface area contributed by atoms with Crippen LogP contribution in [-0.2, 0) is 4.79 Å². The van der Waals surface area contributed by atoms with Crippen LogP contribution in [0.2, 0.25) is 0 Å². The van der Waals surface area contributed by atoms with Crippen molar-refractivity contribution in [1.82, 2.24) is 20.2 Å². The van der Waals surface area contributed by atoms with Gasteiger partial charge in [0.05, 0.1) is 23.6 Å². The average molecular weight is 404 g/mol. The number of hydrogen-bond acceptors (Lipinski definition) is 8. The maximum Gasteiger partial charge on any atom is 0.251 e. The zero-order chi connectivity index (χ0) is 19.4. The summed E-state index contributed by atoms with van der Waals surface area (Å²) in [5, 5.41) is 16.4. The van der Waals surface area contributed by atoms with E-state index < -0.39 is 11.2 Å². The highest BCUT2D eigenvalue weighted by Gasteiger charge is 2.21. The quantitative estimate of drug-likeness (QED) is 0.577. The van der Waals surface area contributed by atoms with Crippen molar-refractivity contribution in [3.05, 3.63) is 41.3 Å². The zero-order valence-electron chi connectivity index (χ0n) is 14.4. The molecule has 140 valence electrons. The molecule has 0 bridgehead atoms. The highest BCUT2D eigenvalue weighted by atomic mass is 32.2. The van der Waals surface area contributed by atoms with Crippen LogP contribution in [-0.4, -0.2) is 44.4 Å². The van der Waals surface area contributed by atoms with Crippen LogP contribution in [0.5, 0.6) is 5.75 Å². The normalized spacial score (nSPS) is 11.8. The Morgan fingerprint density at radius 2 is 2.04 bits per heavy atom. The molecule has 9 nitrogen and oxygen atoms in total. The average Bonchev–Trinajstić information content (AvgIpc) is 3.31. The monoisotopic (exact) mass is 404 g/mol. The van der Waals surface area contributed by atoms with Crippen LogP contribution < -0.4 is 15.8 Å². The first kappa shape index (κ1) is 18.9. The number of nitrogens with two attached hydrogens (primary N) is 1. The lowest BCUT2D eigenvalue weighted by Gasteiger charge is -2.11. The number of methoxy groups -OCH3 is 1. The van der Waals surface area contributed by atoms with E-state index in [0.717, 1.165) is 11.4 Å². The number of ether oxygens (including phenoxy) is 1. The fourth-order valence-corrected chi connectivity index (χ4v) is 3.77. The molecule has 1 atom stereocenters. The lowest BCUT2D eigenvalue weighted by molar-refractivity contribution is -0.115. The summed E-state index contributed by atoms with van der Waals surface area (Å²) in [5.74, 6) is -0.153. The summed E-state index contributed by atoms with van der Waals surface area (Å²) in [5.41, 5.74) is 6.32. The van der Waals surface area contributed by atoms with Crippen molar-refractivity contribution in [2.75, 3.05) is 12.4 Å². The molecule has 2 heterocycles. The molecule has 11 heteroatoms. The molecule has 0 spiro atoms. The second kappa shape index (κ2) is 8.18. The van der Waals surface area contributed by atoms with Gasteiger partial charge >= 0.3 is 0 Å². The first-order valence-electron chi connectivity index (χ1n) is 7.77. The van der Waals surface area contributed by atoms with Crippen molar-refractivity contribution in [2.45, 2.75) is 17.3 Å². The van der Waals surface area contributed by atoms with Crippen LogP contribution in [0.4, 0.5) is 5.00 Å². The molecule has 0 aliphatic carbocycles. The molecule has 0 unspecified atom stereocenters. The van der Waals surface area contributed by atoms with E-state index in [1.165, 1.54) is 27.8 Å². The summed E-state index contributed by atoms with van der Waals surface area (Å²) in [6.45, 7) is 1.73. The van der Waals surface area contributed by atoms with Gasteiger partial charge in [-0.25, -0.2) is 0 Å². The van der Waals surface area contributed by atoms with Crippen LogP contribution in [0.15, 0.2) is 40.9 Å². The number of nitrogens with zero attached hydrogens (tertiary/aromatic N) is 4. The standard InChI is InChI=1S/C16H16N6O3S2/c1-9(14(24)18-15-12(13(17)23)7-8-26-15)27-16-19-20-21-22(16)10-3-5-11(25-2)6-4-10/h3-9H,1-2H3,(H2,17,23)(H,18,24)/t9-/m1/s1. The van der Waals surface area contributed by atoms with E-state index in [9.17, 15) is 9.59 Å². The van der Waals surface area contributed by atoms with Gasteiger partial charge in [0, 0.05) is 0 Å². The Morgan fingerprint density at radius 1 is 1.30 bits per heavy atom. The van der Waals surface area contributed by atoms with Crippen LogP contribution in [0, 0.1) is 0 Å². The summed E-state index contributed by atoms with van der Waals surface area (Å²) < 4.78 is 6.67. The third-order valence-electron chi connectivity index (χ3n) is 3.58. The van der Waals surface area contributed by atoms with Crippen LogP contribution in [0.1, 0.15) is 17.3 Å². The molecule has 1 aromatic carbocycles. The number of anilines is 1. The number of thioether (sulfide) groups is 1. The highest BCUT2D eigenvalue weighted by molar-refractivity contribution is 8.00. The molecule has 0 aliphatic rings. The van der Waals surface area contributed by atoms with Gasteiger partial charge in [-0.1, -0.05) is 11.8 Å². The molecule has 0 saturated heterocycles. The van der Waals surface area contributed by atoms with E-state index in [0.29, 0.717) is 10.2 Å². The number of hydrogen-bond donors (Lipinski definition) is 2. The molecule has 2 aromatic heterocycles. The third kappa shape index (κ3) is 4.26. The second-order valence-electron chi connectivity index (χ2n) is 5.35. The Kier molecular flexibility index (Phi) is 5.72. The largest absolute Gasteiger partial charge is 0.497 e. The van der Waals surface area contributed by atoms with Gasteiger partial charge in [-0.3, -0.25) is 9.59 Å². The number of benzene rings is 1. The summed E-state index contributed by atoms with van der Waals surface area (Å²) in [6, 6.07) is 8.79. The number of carbonyl (C=O) groups excluding carboxylic acids is 2. The molecular formula is C16H16N6O3S2. The van der Waals surface area contributed by atoms with Crippen LogP contribution in [0.3, 0.4) is 0 Å². The van der Waals surface area contributed by atoms with E-state index in [4.69, 9.17) is 10.5 Å². The van der Waals surface area contributed by atoms with E-state index in [1.807, 2.05) is 12.1 Å². The predicted molar refractivity (Wildman–Crippen MR) is 102 cm³/mol. The number of tetrazole rings is 1. The second-order valence-corrected chi connectivity index (χ2v) is 7.57. The van der Waals surface area contributed by atoms with Gasteiger partial charge in [0.15, 0.2) is 0 Å². The van der Waals surface area contributed by atoms with Gasteiger partial charge in [0.25, 0.3) is 5.91 Å². The molecule has 3 aromatic rings. The molecule has 3 N–H and O–H groups in total. The minimum atomic E-state index is -0.588. The Morgan fingerprint density at radius 3 is 2.70 bits per heavy atom. The van der Waals surface area contributed by atoms with Crippen LogP contribution >= 0.6 is 23.1 Å². The van der Waals surface area contributed by atoms with E-state index in [-0.39, 0.29) is 11.5 Å². The summed E-state index contributed by atoms with van der Waals surface area (Å²) >= 11 is 2.43. The van der Waals surface area contributed by atoms with Gasteiger partial charge in [0.2, 0.25) is 11.1 Å². The van der Waals surface area contributed by atoms with Gasteiger partial charge in [-0.2, -0.15) is 4.68 Å². The van der Waals surface area contributed by atoms with Crippen LogP contribution in [0.25, 0.3) is 5.69 Å². The maximum atomic E-state index is 12.5. The predicted octanol–water partition coefficient (Wildman–Crippen LogP) is 1.95. The van der Waals surface area contributed by atoms with Crippen molar-refractivity contribution in [3.63, 3.8) is 0 Å². The number of thiophene rings is 1. The number of primary amides is 1. The van der Waals surface area contributed by atoms with E-state index in [1.54, 1.807) is 37.6 Å². The Labute approximate surface area is 162 Å². The van der Waals surface area contributed by atoms with Crippen molar-refractivity contribution in [2.24, 2.45) is 5.73 Å².